The lowest BCUT2D eigenvalue weighted by molar-refractivity contribution is 0.102. The van der Waals surface area contributed by atoms with E-state index in [2.05, 4.69) is 10.4 Å². The van der Waals surface area contributed by atoms with Gasteiger partial charge in [-0.15, -0.1) is 0 Å². The number of anilines is 1. The molecule has 1 amide bonds. The highest BCUT2D eigenvalue weighted by Gasteiger charge is 2.11. The molecule has 0 bridgehead atoms. The Balaban J connectivity index is 2.23. The predicted molar refractivity (Wildman–Crippen MR) is 81.7 cm³/mol. The minimum Gasteiger partial charge on any atom is -0.493 e. The van der Waals surface area contributed by atoms with Crippen molar-refractivity contribution >= 4 is 11.6 Å². The van der Waals surface area contributed by atoms with Crippen LogP contribution in [0.15, 0.2) is 35.1 Å². The van der Waals surface area contributed by atoms with Gasteiger partial charge in [0.1, 0.15) is 5.69 Å². The Kier molecular flexibility index (Phi) is 4.77. The van der Waals surface area contributed by atoms with Crippen LogP contribution in [0.25, 0.3) is 0 Å². The molecule has 0 saturated heterocycles. The van der Waals surface area contributed by atoms with Crippen LogP contribution >= 0.6 is 0 Å². The van der Waals surface area contributed by atoms with Crippen molar-refractivity contribution < 1.29 is 14.3 Å². The first-order valence-corrected chi connectivity index (χ1v) is 6.70. The van der Waals surface area contributed by atoms with Crippen molar-refractivity contribution in [3.63, 3.8) is 0 Å². The largest absolute Gasteiger partial charge is 0.493 e. The van der Waals surface area contributed by atoms with Crippen LogP contribution in [-0.4, -0.2) is 29.9 Å². The summed E-state index contributed by atoms with van der Waals surface area (Å²) in [6.45, 7) is 2.18. The molecule has 0 radical (unpaired) electrons. The van der Waals surface area contributed by atoms with Crippen molar-refractivity contribution in [1.29, 1.82) is 0 Å². The maximum Gasteiger partial charge on any atom is 0.276 e. The summed E-state index contributed by atoms with van der Waals surface area (Å²) in [6.07, 6.45) is 0. The summed E-state index contributed by atoms with van der Waals surface area (Å²) >= 11 is 0. The minimum absolute atomic E-state index is 0.163. The van der Waals surface area contributed by atoms with E-state index in [1.807, 2.05) is 0 Å². The zero-order valence-corrected chi connectivity index (χ0v) is 12.6. The Morgan fingerprint density at radius 1 is 1.18 bits per heavy atom. The number of aryl methyl sites for hydroxylation is 1. The van der Waals surface area contributed by atoms with Crippen LogP contribution < -0.4 is 20.3 Å². The molecule has 0 spiro atoms. The molecule has 0 saturated carbocycles. The summed E-state index contributed by atoms with van der Waals surface area (Å²) in [7, 11) is 3.05. The van der Waals surface area contributed by atoms with E-state index in [1.165, 1.54) is 31.0 Å². The Labute approximate surface area is 127 Å². The number of carbonyl (C=O) groups is 1. The molecule has 0 aliphatic rings. The van der Waals surface area contributed by atoms with E-state index in [-0.39, 0.29) is 11.3 Å². The first kappa shape index (κ1) is 15.6. The molecule has 7 heteroatoms. The quantitative estimate of drug-likeness (QED) is 0.906. The van der Waals surface area contributed by atoms with Crippen molar-refractivity contribution in [2.75, 3.05) is 19.5 Å². The monoisotopic (exact) mass is 303 g/mol. The van der Waals surface area contributed by atoms with Crippen LogP contribution in [0, 0.1) is 0 Å². The van der Waals surface area contributed by atoms with Crippen molar-refractivity contribution in [1.82, 2.24) is 9.78 Å². The number of methoxy groups -OCH3 is 2. The predicted octanol–water partition coefficient (Wildman–Crippen LogP) is 1.53. The molecule has 0 aliphatic carbocycles. The Morgan fingerprint density at radius 3 is 2.55 bits per heavy atom. The zero-order chi connectivity index (χ0) is 16.1. The molecule has 116 valence electrons. The molecule has 1 aromatic carbocycles. The van der Waals surface area contributed by atoms with Gasteiger partial charge >= 0.3 is 0 Å². The van der Waals surface area contributed by atoms with Crippen LogP contribution in [0.4, 0.5) is 5.69 Å². The highest BCUT2D eigenvalue weighted by Crippen LogP contribution is 2.29. The lowest BCUT2D eigenvalue weighted by atomic mass is 10.2. The van der Waals surface area contributed by atoms with Crippen molar-refractivity contribution in [3.8, 4) is 11.5 Å². The summed E-state index contributed by atoms with van der Waals surface area (Å²) in [5.74, 6) is 0.666. The fraction of sp³-hybridized carbons (Fsp3) is 0.267. The van der Waals surface area contributed by atoms with Gasteiger partial charge in [-0.05, 0) is 25.1 Å². The Bertz CT molecular complexity index is 740. The van der Waals surface area contributed by atoms with Gasteiger partial charge in [-0.3, -0.25) is 9.59 Å². The van der Waals surface area contributed by atoms with Crippen molar-refractivity contribution in [2.45, 2.75) is 13.5 Å². The molecular formula is C15H17N3O4. The number of ether oxygens (including phenoxy) is 2. The van der Waals surface area contributed by atoms with Gasteiger partial charge in [0.25, 0.3) is 11.5 Å². The molecule has 1 heterocycles. The van der Waals surface area contributed by atoms with Gasteiger partial charge in [-0.2, -0.15) is 5.10 Å². The molecule has 22 heavy (non-hydrogen) atoms. The van der Waals surface area contributed by atoms with Crippen LogP contribution in [0.3, 0.4) is 0 Å². The number of rotatable bonds is 5. The van der Waals surface area contributed by atoms with Gasteiger partial charge in [0, 0.05) is 24.4 Å². The molecule has 0 atom stereocenters. The zero-order valence-electron chi connectivity index (χ0n) is 12.6. The van der Waals surface area contributed by atoms with E-state index < -0.39 is 5.91 Å². The van der Waals surface area contributed by atoms with Gasteiger partial charge in [-0.25, -0.2) is 4.68 Å². The van der Waals surface area contributed by atoms with Gasteiger partial charge in [0.05, 0.1) is 14.2 Å². The highest BCUT2D eigenvalue weighted by molar-refractivity contribution is 6.02. The molecular weight excluding hydrogens is 286 g/mol. The molecule has 2 rings (SSSR count). The maximum absolute atomic E-state index is 12.2. The molecule has 1 aromatic heterocycles. The second kappa shape index (κ2) is 6.75. The smallest absolute Gasteiger partial charge is 0.276 e. The second-order valence-electron chi connectivity index (χ2n) is 4.40. The molecule has 0 fully saturated rings. The molecule has 0 unspecified atom stereocenters. The molecule has 0 aliphatic heterocycles. The number of amides is 1. The SMILES string of the molecule is CCn1nc(C(=O)Nc2ccc(OC)c(OC)c2)ccc1=O. The Hall–Kier alpha value is -2.83. The fourth-order valence-corrected chi connectivity index (χ4v) is 1.91. The van der Waals surface area contributed by atoms with Crippen LogP contribution in [-0.2, 0) is 6.54 Å². The third-order valence-corrected chi connectivity index (χ3v) is 3.04. The number of hydrogen-bond acceptors (Lipinski definition) is 5. The summed E-state index contributed by atoms with van der Waals surface area (Å²) in [5.41, 5.74) is 0.458. The summed E-state index contributed by atoms with van der Waals surface area (Å²) in [5, 5.41) is 6.70. The van der Waals surface area contributed by atoms with E-state index in [9.17, 15) is 9.59 Å². The van der Waals surface area contributed by atoms with Crippen molar-refractivity contribution in [2.24, 2.45) is 0 Å². The standard InChI is InChI=1S/C15H17N3O4/c1-4-18-14(19)8-6-11(17-18)15(20)16-10-5-7-12(21-2)13(9-10)22-3/h5-9H,4H2,1-3H3,(H,16,20). The molecule has 2 aromatic rings. The Morgan fingerprint density at radius 2 is 1.91 bits per heavy atom. The average molecular weight is 303 g/mol. The normalized spacial score (nSPS) is 10.1. The summed E-state index contributed by atoms with van der Waals surface area (Å²) in [6, 6.07) is 7.74. The van der Waals surface area contributed by atoms with Crippen molar-refractivity contribution in [3.05, 3.63) is 46.4 Å². The first-order valence-electron chi connectivity index (χ1n) is 6.70. The van der Waals surface area contributed by atoms with Crippen LogP contribution in [0.5, 0.6) is 11.5 Å². The fourth-order valence-electron chi connectivity index (χ4n) is 1.91. The lowest BCUT2D eigenvalue weighted by Crippen LogP contribution is -2.25. The minimum atomic E-state index is -0.408. The highest BCUT2D eigenvalue weighted by atomic mass is 16.5. The molecule has 1 N–H and O–H groups in total. The number of nitrogens with zero attached hydrogens (tertiary/aromatic N) is 2. The van der Waals surface area contributed by atoms with E-state index in [4.69, 9.17) is 9.47 Å². The van der Waals surface area contributed by atoms with Crippen LogP contribution in [0.1, 0.15) is 17.4 Å². The number of nitrogens with one attached hydrogen (secondary N) is 1. The number of benzene rings is 1. The van der Waals surface area contributed by atoms with Gasteiger partial charge < -0.3 is 14.8 Å². The van der Waals surface area contributed by atoms with E-state index >= 15 is 0 Å². The topological polar surface area (TPSA) is 82.5 Å². The summed E-state index contributed by atoms with van der Waals surface area (Å²) < 4.78 is 11.5. The number of carbonyl (C=O) groups excluding carboxylic acids is 1. The summed E-state index contributed by atoms with van der Waals surface area (Å²) in [4.78, 5) is 23.7. The van der Waals surface area contributed by atoms with Gasteiger partial charge in [0.15, 0.2) is 11.5 Å². The number of aromatic nitrogens is 2. The lowest BCUT2D eigenvalue weighted by Gasteiger charge is -2.10. The van der Waals surface area contributed by atoms with Gasteiger partial charge in [-0.1, -0.05) is 0 Å². The van der Waals surface area contributed by atoms with Crippen LogP contribution in [0.2, 0.25) is 0 Å². The second-order valence-corrected chi connectivity index (χ2v) is 4.40. The third kappa shape index (κ3) is 3.25. The average Bonchev–Trinajstić information content (AvgIpc) is 2.55. The number of hydrogen-bond donors (Lipinski definition) is 1. The third-order valence-electron chi connectivity index (χ3n) is 3.04. The van der Waals surface area contributed by atoms with E-state index in [1.54, 1.807) is 25.1 Å². The first-order chi connectivity index (χ1) is 10.6. The molecule has 7 nitrogen and oxygen atoms in total. The van der Waals surface area contributed by atoms with Gasteiger partial charge in [0.2, 0.25) is 0 Å². The van der Waals surface area contributed by atoms with E-state index in [0.717, 1.165) is 0 Å². The van der Waals surface area contributed by atoms with E-state index in [0.29, 0.717) is 23.7 Å². The maximum atomic E-state index is 12.2.